The van der Waals surface area contributed by atoms with Crippen LogP contribution in [0.2, 0.25) is 0 Å². The Morgan fingerprint density at radius 3 is 2.44 bits per heavy atom. The predicted octanol–water partition coefficient (Wildman–Crippen LogP) is 2.60. The monoisotopic (exact) mass is 485 g/mol. The molecule has 2 fully saturated rings. The van der Waals surface area contributed by atoms with Crippen LogP contribution in [0, 0.1) is 5.92 Å². The third kappa shape index (κ3) is 5.23. The lowest BCUT2D eigenvalue weighted by molar-refractivity contribution is -0.122. The number of aromatic nitrogens is 1. The molecule has 2 unspecified atom stereocenters. The number of rotatable bonds is 6. The van der Waals surface area contributed by atoms with E-state index in [4.69, 9.17) is 5.73 Å². The largest absolute Gasteiger partial charge is 0.369 e. The minimum absolute atomic E-state index is 0.0242. The molecule has 2 saturated heterocycles. The molecule has 0 radical (unpaired) electrons. The normalized spacial score (nSPS) is 21.7. The Morgan fingerprint density at radius 1 is 1.03 bits per heavy atom. The van der Waals surface area contributed by atoms with Crippen molar-refractivity contribution < 1.29 is 18.0 Å². The number of benzene rings is 1. The van der Waals surface area contributed by atoms with E-state index in [1.165, 1.54) is 24.3 Å². The maximum atomic E-state index is 13.0. The van der Waals surface area contributed by atoms with Gasteiger partial charge in [0.15, 0.2) is 0 Å². The number of nitrogens with two attached hydrogens (primary N) is 1. The van der Waals surface area contributed by atoms with Crippen molar-refractivity contribution in [3.63, 3.8) is 0 Å². The molecule has 4 rings (SSSR count). The smallest absolute Gasteiger partial charge is 0.255 e. The highest BCUT2D eigenvalue weighted by molar-refractivity contribution is 7.89. The third-order valence-corrected chi connectivity index (χ3v) is 8.65. The lowest BCUT2D eigenvalue weighted by Crippen LogP contribution is -2.41. The second-order valence-corrected chi connectivity index (χ2v) is 10.9. The van der Waals surface area contributed by atoms with Crippen LogP contribution in [0.3, 0.4) is 0 Å². The van der Waals surface area contributed by atoms with Crippen LogP contribution < -0.4 is 16.0 Å². The average Bonchev–Trinajstić information content (AvgIpc) is 2.85. The molecule has 0 saturated carbocycles. The average molecular weight is 486 g/mol. The summed E-state index contributed by atoms with van der Waals surface area (Å²) in [6.45, 7) is 3.79. The summed E-state index contributed by atoms with van der Waals surface area (Å²) in [5, 5.41) is 2.79. The summed E-state index contributed by atoms with van der Waals surface area (Å²) in [5.41, 5.74) is 6.33. The number of hydrogen-bond acceptors (Lipinski definition) is 6. The highest BCUT2D eigenvalue weighted by atomic mass is 32.2. The first-order chi connectivity index (χ1) is 16.3. The van der Waals surface area contributed by atoms with Gasteiger partial charge in [-0.25, -0.2) is 13.4 Å². The number of carbonyl (C=O) groups is 2. The fraction of sp³-hybridized carbons (Fsp3) is 0.458. The number of hydrogen-bond donors (Lipinski definition) is 2. The van der Waals surface area contributed by atoms with E-state index in [1.54, 1.807) is 22.6 Å². The molecule has 2 aliphatic heterocycles. The van der Waals surface area contributed by atoms with Crippen molar-refractivity contribution in [3.05, 3.63) is 48.2 Å². The zero-order valence-electron chi connectivity index (χ0n) is 19.3. The molecule has 0 bridgehead atoms. The highest BCUT2D eigenvalue weighted by Crippen LogP contribution is 2.26. The minimum atomic E-state index is -3.58. The van der Waals surface area contributed by atoms with Crippen LogP contribution in [0.25, 0.3) is 0 Å². The Morgan fingerprint density at radius 2 is 1.79 bits per heavy atom. The zero-order valence-corrected chi connectivity index (χ0v) is 20.1. The van der Waals surface area contributed by atoms with Gasteiger partial charge < -0.3 is 16.0 Å². The van der Waals surface area contributed by atoms with E-state index in [-0.39, 0.29) is 28.7 Å². The van der Waals surface area contributed by atoms with Crippen molar-refractivity contribution in [1.82, 2.24) is 9.29 Å². The maximum absolute atomic E-state index is 13.0. The van der Waals surface area contributed by atoms with Crippen LogP contribution >= 0.6 is 0 Å². The minimum Gasteiger partial charge on any atom is -0.369 e. The summed E-state index contributed by atoms with van der Waals surface area (Å²) in [4.78, 5) is 30.8. The van der Waals surface area contributed by atoms with Gasteiger partial charge in [-0.15, -0.1) is 0 Å². The Bertz CT molecular complexity index is 1130. The summed E-state index contributed by atoms with van der Waals surface area (Å²) in [6.07, 6.45) is 5.98. The number of nitrogens with zero attached hydrogens (tertiary/aromatic N) is 3. The van der Waals surface area contributed by atoms with Crippen molar-refractivity contribution in [1.29, 1.82) is 0 Å². The molecule has 3 N–H and O–H groups in total. The van der Waals surface area contributed by atoms with Gasteiger partial charge in [-0.2, -0.15) is 4.31 Å². The van der Waals surface area contributed by atoms with Crippen LogP contribution in [0.4, 0.5) is 11.5 Å². The van der Waals surface area contributed by atoms with Crippen molar-refractivity contribution in [2.45, 2.75) is 50.0 Å². The topological polar surface area (TPSA) is 126 Å². The van der Waals surface area contributed by atoms with Gasteiger partial charge in [0.1, 0.15) is 5.82 Å². The number of pyridine rings is 1. The van der Waals surface area contributed by atoms with Crippen molar-refractivity contribution in [2.24, 2.45) is 11.7 Å². The molecule has 2 aliphatic rings. The third-order valence-electron chi connectivity index (χ3n) is 6.62. The fourth-order valence-corrected chi connectivity index (χ4v) is 6.31. The number of piperidine rings is 2. The van der Waals surface area contributed by atoms with Gasteiger partial charge in [0, 0.05) is 31.2 Å². The first-order valence-electron chi connectivity index (χ1n) is 11.7. The summed E-state index contributed by atoms with van der Waals surface area (Å²) >= 11 is 0. The molecule has 2 amide bonds. The Kier molecular flexibility index (Phi) is 7.18. The highest BCUT2D eigenvalue weighted by Gasteiger charge is 2.31. The molecule has 0 aliphatic carbocycles. The molecule has 9 nitrogen and oxygen atoms in total. The van der Waals surface area contributed by atoms with E-state index in [0.29, 0.717) is 24.3 Å². The van der Waals surface area contributed by atoms with E-state index in [2.05, 4.69) is 10.3 Å². The molecule has 1 aromatic carbocycles. The molecule has 10 heteroatoms. The van der Waals surface area contributed by atoms with Gasteiger partial charge in [-0.3, -0.25) is 9.59 Å². The van der Waals surface area contributed by atoms with Crippen molar-refractivity contribution in [2.75, 3.05) is 29.9 Å². The molecule has 2 atom stereocenters. The standard InChI is InChI=1S/C24H31N5O4S/c1-17-5-2-3-14-29(17)34(32,33)21-10-7-18(8-11-21)24(31)27-20-9-12-22(26-15-20)28-13-4-6-19(16-28)23(25)30/h7-12,15,17,19H,2-6,13-14,16H2,1H3,(H2,25,30)(H,27,31). The molecule has 34 heavy (non-hydrogen) atoms. The van der Waals surface area contributed by atoms with Gasteiger partial charge >= 0.3 is 0 Å². The predicted molar refractivity (Wildman–Crippen MR) is 130 cm³/mol. The van der Waals surface area contributed by atoms with E-state index in [0.717, 1.165) is 44.5 Å². The van der Waals surface area contributed by atoms with Crippen molar-refractivity contribution in [3.8, 4) is 0 Å². The molecule has 2 aromatic rings. The fourth-order valence-electron chi connectivity index (χ4n) is 4.61. The van der Waals surface area contributed by atoms with Crippen LogP contribution in [-0.2, 0) is 14.8 Å². The van der Waals surface area contributed by atoms with Crippen LogP contribution in [0.15, 0.2) is 47.5 Å². The SMILES string of the molecule is CC1CCCCN1S(=O)(=O)c1ccc(C(=O)Nc2ccc(N3CCCC(C(N)=O)C3)nc2)cc1. The summed E-state index contributed by atoms with van der Waals surface area (Å²) < 4.78 is 27.5. The lowest BCUT2D eigenvalue weighted by atomic mass is 9.97. The number of sulfonamides is 1. The number of anilines is 2. The molecule has 0 spiro atoms. The van der Waals surface area contributed by atoms with Crippen LogP contribution in [-0.4, -0.2) is 55.2 Å². The van der Waals surface area contributed by atoms with Crippen LogP contribution in [0.1, 0.15) is 49.4 Å². The van der Waals surface area contributed by atoms with E-state index >= 15 is 0 Å². The summed E-state index contributed by atoms with van der Waals surface area (Å²) in [5.74, 6) is -0.0975. The van der Waals surface area contributed by atoms with E-state index in [9.17, 15) is 18.0 Å². The molecule has 3 heterocycles. The van der Waals surface area contributed by atoms with Gasteiger partial charge in [-0.1, -0.05) is 6.42 Å². The molecular weight excluding hydrogens is 454 g/mol. The Hall–Kier alpha value is -2.98. The summed E-state index contributed by atoms with van der Waals surface area (Å²) in [6, 6.07) is 9.55. The molecule has 1 aromatic heterocycles. The Balaban J connectivity index is 1.39. The van der Waals surface area contributed by atoms with Gasteiger partial charge in [-0.05, 0) is 69.0 Å². The molecular formula is C24H31N5O4S. The Labute approximate surface area is 200 Å². The van der Waals surface area contributed by atoms with Gasteiger partial charge in [0.25, 0.3) is 5.91 Å². The van der Waals surface area contributed by atoms with Crippen molar-refractivity contribution >= 4 is 33.3 Å². The zero-order chi connectivity index (χ0) is 24.3. The second-order valence-electron chi connectivity index (χ2n) is 9.03. The first kappa shape index (κ1) is 24.2. The lowest BCUT2D eigenvalue weighted by Gasteiger charge is -2.32. The van der Waals surface area contributed by atoms with E-state index < -0.39 is 10.0 Å². The first-order valence-corrected chi connectivity index (χ1v) is 13.1. The number of primary amides is 1. The second kappa shape index (κ2) is 10.1. The number of amides is 2. The summed E-state index contributed by atoms with van der Waals surface area (Å²) in [7, 11) is -3.58. The van der Waals surface area contributed by atoms with Gasteiger partial charge in [0.2, 0.25) is 15.9 Å². The maximum Gasteiger partial charge on any atom is 0.255 e. The number of nitrogens with one attached hydrogen (secondary N) is 1. The van der Waals surface area contributed by atoms with Crippen LogP contribution in [0.5, 0.6) is 0 Å². The van der Waals surface area contributed by atoms with E-state index in [1.807, 2.05) is 11.8 Å². The van der Waals surface area contributed by atoms with Gasteiger partial charge in [0.05, 0.1) is 22.7 Å². The quantitative estimate of drug-likeness (QED) is 0.648. The number of carbonyl (C=O) groups excluding carboxylic acids is 2. The molecule has 182 valence electrons.